The van der Waals surface area contributed by atoms with Gasteiger partial charge in [-0.3, -0.25) is 14.5 Å². The lowest BCUT2D eigenvalue weighted by Crippen LogP contribution is -2.36. The average Bonchev–Trinajstić information content (AvgIpc) is 2.49. The fourth-order valence-corrected chi connectivity index (χ4v) is 3.20. The van der Waals surface area contributed by atoms with Crippen molar-refractivity contribution >= 4 is 11.8 Å². The molecule has 1 aliphatic heterocycles. The molecule has 1 heterocycles. The zero-order chi connectivity index (χ0) is 12.9. The first-order chi connectivity index (χ1) is 8.58. The molecule has 0 N–H and O–H groups in total. The van der Waals surface area contributed by atoms with Crippen LogP contribution in [0.5, 0.6) is 0 Å². The van der Waals surface area contributed by atoms with Crippen molar-refractivity contribution in [1.29, 1.82) is 0 Å². The lowest BCUT2D eigenvalue weighted by atomic mass is 9.67. The smallest absolute Gasteiger partial charge is 0.233 e. The number of rotatable bonds is 2. The number of amides is 2. The molecule has 2 aliphatic rings. The standard InChI is InChI=1S/C15H17NO2/c1-9-4-3-5-11(6-9)8-16-14(17)12-7-10(2)13(12)15(16)18/h3-6,10,12-13H,7-8H2,1-2H3. The third kappa shape index (κ3) is 1.57. The molecule has 0 radical (unpaired) electrons. The summed E-state index contributed by atoms with van der Waals surface area (Å²) < 4.78 is 0. The number of aryl methyl sites for hydroxylation is 1. The van der Waals surface area contributed by atoms with Crippen LogP contribution in [-0.4, -0.2) is 16.7 Å². The van der Waals surface area contributed by atoms with Crippen molar-refractivity contribution < 1.29 is 9.59 Å². The van der Waals surface area contributed by atoms with Gasteiger partial charge in [0.15, 0.2) is 0 Å². The fourth-order valence-electron chi connectivity index (χ4n) is 3.20. The van der Waals surface area contributed by atoms with Crippen LogP contribution in [0.2, 0.25) is 0 Å². The summed E-state index contributed by atoms with van der Waals surface area (Å²) in [6.45, 7) is 4.50. The van der Waals surface area contributed by atoms with E-state index in [1.165, 1.54) is 4.90 Å². The Kier molecular flexibility index (Phi) is 2.51. The molecule has 1 saturated heterocycles. The summed E-state index contributed by atoms with van der Waals surface area (Å²) in [6, 6.07) is 7.98. The molecule has 3 heteroatoms. The van der Waals surface area contributed by atoms with E-state index in [4.69, 9.17) is 0 Å². The van der Waals surface area contributed by atoms with Crippen LogP contribution >= 0.6 is 0 Å². The quantitative estimate of drug-likeness (QED) is 0.746. The van der Waals surface area contributed by atoms with Crippen molar-refractivity contribution in [1.82, 2.24) is 4.90 Å². The van der Waals surface area contributed by atoms with Gasteiger partial charge in [-0.1, -0.05) is 36.8 Å². The Morgan fingerprint density at radius 2 is 2.06 bits per heavy atom. The number of nitrogens with zero attached hydrogens (tertiary/aromatic N) is 1. The van der Waals surface area contributed by atoms with Gasteiger partial charge in [0.1, 0.15) is 0 Å². The number of likely N-dealkylation sites (tertiary alicyclic amines) is 1. The Morgan fingerprint density at radius 1 is 1.28 bits per heavy atom. The summed E-state index contributed by atoms with van der Waals surface area (Å²) in [5, 5.41) is 0. The maximum atomic E-state index is 12.2. The van der Waals surface area contributed by atoms with Crippen molar-refractivity contribution in [3.63, 3.8) is 0 Å². The van der Waals surface area contributed by atoms with Crippen LogP contribution in [0.4, 0.5) is 0 Å². The molecule has 18 heavy (non-hydrogen) atoms. The van der Waals surface area contributed by atoms with Gasteiger partial charge in [-0.15, -0.1) is 0 Å². The number of imide groups is 1. The van der Waals surface area contributed by atoms with E-state index in [-0.39, 0.29) is 23.7 Å². The summed E-state index contributed by atoms with van der Waals surface area (Å²) in [5.74, 6) is 0.364. The van der Waals surface area contributed by atoms with Crippen LogP contribution in [0.1, 0.15) is 24.5 Å². The molecule has 0 spiro atoms. The van der Waals surface area contributed by atoms with E-state index < -0.39 is 0 Å². The van der Waals surface area contributed by atoms with Crippen molar-refractivity contribution in [2.24, 2.45) is 17.8 Å². The third-order valence-electron chi connectivity index (χ3n) is 4.23. The molecule has 1 aromatic carbocycles. The highest BCUT2D eigenvalue weighted by molar-refractivity contribution is 6.06. The first kappa shape index (κ1) is 11.5. The van der Waals surface area contributed by atoms with E-state index in [1.807, 2.05) is 31.2 Å². The Morgan fingerprint density at radius 3 is 2.67 bits per heavy atom. The lowest BCUT2D eigenvalue weighted by Gasteiger charge is -2.33. The molecule has 3 unspecified atom stereocenters. The normalized spacial score (nSPS) is 30.3. The van der Waals surface area contributed by atoms with Crippen molar-refractivity contribution in [3.8, 4) is 0 Å². The van der Waals surface area contributed by atoms with Crippen molar-refractivity contribution in [2.45, 2.75) is 26.8 Å². The molecule has 3 nitrogen and oxygen atoms in total. The number of benzene rings is 1. The van der Waals surface area contributed by atoms with Crippen molar-refractivity contribution in [2.75, 3.05) is 0 Å². The lowest BCUT2D eigenvalue weighted by molar-refractivity contribution is -0.140. The maximum absolute atomic E-state index is 12.2. The van der Waals surface area contributed by atoms with Crippen molar-refractivity contribution in [3.05, 3.63) is 35.4 Å². The molecule has 3 atom stereocenters. The predicted octanol–water partition coefficient (Wildman–Crippen LogP) is 2.14. The predicted molar refractivity (Wildman–Crippen MR) is 67.5 cm³/mol. The van der Waals surface area contributed by atoms with E-state index in [1.54, 1.807) is 0 Å². The van der Waals surface area contributed by atoms with E-state index in [9.17, 15) is 9.59 Å². The van der Waals surface area contributed by atoms with Crippen LogP contribution in [-0.2, 0) is 16.1 Å². The van der Waals surface area contributed by atoms with Gasteiger partial charge in [-0.05, 0) is 24.8 Å². The van der Waals surface area contributed by atoms with Gasteiger partial charge in [-0.25, -0.2) is 0 Å². The average molecular weight is 243 g/mol. The number of fused-ring (bicyclic) bond motifs is 1. The molecule has 2 amide bonds. The van der Waals surface area contributed by atoms with Crippen LogP contribution < -0.4 is 0 Å². The SMILES string of the molecule is Cc1cccc(CN2C(=O)C3CC(C)C3C2=O)c1. The first-order valence-corrected chi connectivity index (χ1v) is 6.48. The van der Waals surface area contributed by atoms with E-state index >= 15 is 0 Å². The molecule has 1 saturated carbocycles. The maximum Gasteiger partial charge on any atom is 0.233 e. The second kappa shape index (κ2) is 3.94. The molecule has 94 valence electrons. The number of carbonyl (C=O) groups is 2. The van der Waals surface area contributed by atoms with Gasteiger partial charge in [0, 0.05) is 0 Å². The highest BCUT2D eigenvalue weighted by Crippen LogP contribution is 2.47. The molecule has 3 rings (SSSR count). The van der Waals surface area contributed by atoms with E-state index in [2.05, 4.69) is 6.92 Å². The Hall–Kier alpha value is -1.64. The summed E-state index contributed by atoms with van der Waals surface area (Å²) in [4.78, 5) is 25.8. The second-order valence-corrected chi connectivity index (χ2v) is 5.60. The number of hydrogen-bond donors (Lipinski definition) is 0. The topological polar surface area (TPSA) is 37.4 Å². The third-order valence-corrected chi connectivity index (χ3v) is 4.23. The summed E-state index contributed by atoms with van der Waals surface area (Å²) in [7, 11) is 0. The van der Waals surface area contributed by atoms with Crippen LogP contribution in [0.25, 0.3) is 0 Å². The number of hydrogen-bond acceptors (Lipinski definition) is 2. The Bertz CT molecular complexity index is 523. The van der Waals surface area contributed by atoms with E-state index in [0.717, 1.165) is 17.5 Å². The van der Waals surface area contributed by atoms with Gasteiger partial charge < -0.3 is 0 Å². The summed E-state index contributed by atoms with van der Waals surface area (Å²) in [5.41, 5.74) is 2.19. The number of carbonyl (C=O) groups excluding carboxylic acids is 2. The minimum Gasteiger partial charge on any atom is -0.278 e. The molecule has 0 bridgehead atoms. The van der Waals surface area contributed by atoms with Gasteiger partial charge in [0.05, 0.1) is 18.4 Å². The first-order valence-electron chi connectivity index (χ1n) is 6.48. The highest BCUT2D eigenvalue weighted by Gasteiger charge is 2.56. The molecule has 0 aromatic heterocycles. The van der Waals surface area contributed by atoms with E-state index in [0.29, 0.717) is 12.5 Å². The van der Waals surface area contributed by atoms with Gasteiger partial charge in [-0.2, -0.15) is 0 Å². The Balaban J connectivity index is 1.81. The van der Waals surface area contributed by atoms with Crippen LogP contribution in [0.15, 0.2) is 24.3 Å². The second-order valence-electron chi connectivity index (χ2n) is 5.60. The van der Waals surface area contributed by atoms with Crippen LogP contribution in [0.3, 0.4) is 0 Å². The minimum absolute atomic E-state index is 0.0303. The van der Waals surface area contributed by atoms with Gasteiger partial charge >= 0.3 is 0 Å². The minimum atomic E-state index is -0.0395. The molecular weight excluding hydrogens is 226 g/mol. The molecule has 1 aliphatic carbocycles. The summed E-state index contributed by atoms with van der Waals surface area (Å²) >= 11 is 0. The van der Waals surface area contributed by atoms with Gasteiger partial charge in [0.25, 0.3) is 0 Å². The zero-order valence-corrected chi connectivity index (χ0v) is 10.7. The zero-order valence-electron chi connectivity index (χ0n) is 10.7. The Labute approximate surface area is 107 Å². The fraction of sp³-hybridized carbons (Fsp3) is 0.467. The monoisotopic (exact) mass is 243 g/mol. The van der Waals surface area contributed by atoms with Gasteiger partial charge in [0.2, 0.25) is 11.8 Å². The largest absolute Gasteiger partial charge is 0.278 e. The molecular formula is C15H17NO2. The highest BCUT2D eigenvalue weighted by atomic mass is 16.2. The summed E-state index contributed by atoms with van der Waals surface area (Å²) in [6.07, 6.45) is 0.875. The molecule has 2 fully saturated rings. The van der Waals surface area contributed by atoms with Crippen LogP contribution in [0, 0.1) is 24.7 Å². The molecule has 1 aromatic rings.